The largest absolute Gasteiger partial charge is 0.303 e. The van der Waals surface area contributed by atoms with Crippen molar-refractivity contribution in [2.24, 2.45) is 0 Å². The summed E-state index contributed by atoms with van der Waals surface area (Å²) in [7, 11) is 0. The molecule has 1 amide bonds. The molecule has 0 unspecified atom stereocenters. The monoisotopic (exact) mass is 218 g/mol. The minimum Gasteiger partial charge on any atom is -0.303 e. The molecule has 4 heteroatoms. The van der Waals surface area contributed by atoms with Crippen molar-refractivity contribution in [3.05, 3.63) is 24.0 Å². The molecule has 0 saturated carbocycles. The summed E-state index contributed by atoms with van der Waals surface area (Å²) in [4.78, 5) is 28.8. The zero-order chi connectivity index (χ0) is 11.5. The van der Waals surface area contributed by atoms with E-state index in [1.54, 1.807) is 23.2 Å². The molecule has 1 aliphatic heterocycles. The van der Waals surface area contributed by atoms with Gasteiger partial charge in [-0.15, -0.1) is 0 Å². The summed E-state index contributed by atoms with van der Waals surface area (Å²) in [6.45, 7) is 2.71. The average Bonchev–Trinajstić information content (AvgIpc) is 2.55. The van der Waals surface area contributed by atoms with Crippen LogP contribution in [0.5, 0.6) is 0 Å². The van der Waals surface area contributed by atoms with Gasteiger partial charge in [0.1, 0.15) is 5.69 Å². The molecule has 2 heterocycles. The maximum atomic E-state index is 11.7. The summed E-state index contributed by atoms with van der Waals surface area (Å²) >= 11 is 0. The lowest BCUT2D eigenvalue weighted by Gasteiger charge is -2.15. The fourth-order valence-electron chi connectivity index (χ4n) is 1.86. The first-order valence-corrected chi connectivity index (χ1v) is 5.57. The maximum absolute atomic E-state index is 11.7. The summed E-state index contributed by atoms with van der Waals surface area (Å²) in [5, 5.41) is 0. The predicted octanol–water partition coefficient (Wildman–Crippen LogP) is 1.80. The minimum absolute atomic E-state index is 0.295. The van der Waals surface area contributed by atoms with Gasteiger partial charge in [0.25, 0.3) is 5.78 Å². The molecule has 0 saturated heterocycles. The van der Waals surface area contributed by atoms with E-state index >= 15 is 0 Å². The second kappa shape index (κ2) is 4.43. The number of pyridine rings is 1. The SMILES string of the molecule is CCCCCN1C(=O)C(=O)c2ncccc21. The van der Waals surface area contributed by atoms with Gasteiger partial charge in [0, 0.05) is 12.7 Å². The van der Waals surface area contributed by atoms with Crippen LogP contribution in [-0.4, -0.2) is 23.2 Å². The number of ketones is 1. The predicted molar refractivity (Wildman–Crippen MR) is 60.4 cm³/mol. The molecule has 4 nitrogen and oxygen atoms in total. The van der Waals surface area contributed by atoms with Gasteiger partial charge < -0.3 is 4.90 Å². The number of Topliss-reactive ketones (excluding diaryl/α,β-unsaturated/α-hetero) is 1. The zero-order valence-corrected chi connectivity index (χ0v) is 9.27. The number of carbonyl (C=O) groups is 2. The highest BCUT2D eigenvalue weighted by Gasteiger charge is 2.36. The van der Waals surface area contributed by atoms with Crippen molar-refractivity contribution < 1.29 is 9.59 Å². The molecule has 0 N–H and O–H groups in total. The first kappa shape index (κ1) is 10.8. The van der Waals surface area contributed by atoms with Crippen molar-refractivity contribution in [3.63, 3.8) is 0 Å². The van der Waals surface area contributed by atoms with E-state index in [1.807, 2.05) is 0 Å². The smallest absolute Gasteiger partial charge is 0.301 e. The lowest BCUT2D eigenvalue weighted by Crippen LogP contribution is -2.30. The second-order valence-corrected chi connectivity index (χ2v) is 3.86. The lowest BCUT2D eigenvalue weighted by molar-refractivity contribution is -0.114. The third-order valence-electron chi connectivity index (χ3n) is 2.72. The molecule has 2 rings (SSSR count). The Labute approximate surface area is 94.3 Å². The summed E-state index contributed by atoms with van der Waals surface area (Å²) in [5.74, 6) is -0.920. The van der Waals surface area contributed by atoms with Crippen LogP contribution in [0.25, 0.3) is 0 Å². The topological polar surface area (TPSA) is 50.3 Å². The number of hydrogen-bond acceptors (Lipinski definition) is 3. The van der Waals surface area contributed by atoms with Crippen LogP contribution >= 0.6 is 0 Å². The normalized spacial score (nSPS) is 14.4. The van der Waals surface area contributed by atoms with Crippen LogP contribution in [-0.2, 0) is 4.79 Å². The first-order chi connectivity index (χ1) is 7.75. The molecule has 1 aromatic heterocycles. The Morgan fingerprint density at radius 2 is 2.12 bits per heavy atom. The lowest BCUT2D eigenvalue weighted by atomic mass is 10.2. The standard InChI is InChI=1S/C12H14N2O2/c1-2-3-4-8-14-9-6-5-7-13-10(9)11(15)12(14)16/h5-7H,2-4,8H2,1H3. The Bertz CT molecular complexity index is 429. The van der Waals surface area contributed by atoms with Crippen LogP contribution in [0.3, 0.4) is 0 Å². The molecule has 0 bridgehead atoms. The Hall–Kier alpha value is -1.71. The van der Waals surface area contributed by atoms with Gasteiger partial charge in [0.05, 0.1) is 5.69 Å². The van der Waals surface area contributed by atoms with Gasteiger partial charge in [-0.05, 0) is 18.6 Å². The van der Waals surface area contributed by atoms with Gasteiger partial charge in [-0.3, -0.25) is 14.6 Å². The Kier molecular flexibility index (Phi) is 2.99. The number of aromatic nitrogens is 1. The third-order valence-corrected chi connectivity index (χ3v) is 2.72. The maximum Gasteiger partial charge on any atom is 0.301 e. The van der Waals surface area contributed by atoms with Crippen molar-refractivity contribution >= 4 is 17.4 Å². The molecule has 0 aromatic carbocycles. The second-order valence-electron chi connectivity index (χ2n) is 3.86. The molecule has 0 aliphatic carbocycles. The number of hydrogen-bond donors (Lipinski definition) is 0. The van der Waals surface area contributed by atoms with E-state index in [2.05, 4.69) is 11.9 Å². The number of carbonyl (C=O) groups excluding carboxylic acids is 2. The number of amides is 1. The van der Waals surface area contributed by atoms with Gasteiger partial charge in [0.2, 0.25) is 0 Å². The molecular weight excluding hydrogens is 204 g/mol. The fourth-order valence-corrected chi connectivity index (χ4v) is 1.86. The molecule has 0 radical (unpaired) electrons. The average molecular weight is 218 g/mol. The highest BCUT2D eigenvalue weighted by molar-refractivity contribution is 6.51. The van der Waals surface area contributed by atoms with E-state index in [0.717, 1.165) is 19.3 Å². The molecule has 0 fully saturated rings. The van der Waals surface area contributed by atoms with Crippen molar-refractivity contribution in [1.82, 2.24) is 4.98 Å². The zero-order valence-electron chi connectivity index (χ0n) is 9.27. The van der Waals surface area contributed by atoms with Crippen LogP contribution in [0.1, 0.15) is 36.7 Å². The summed E-state index contributed by atoms with van der Waals surface area (Å²) in [6.07, 6.45) is 4.62. The first-order valence-electron chi connectivity index (χ1n) is 5.57. The van der Waals surface area contributed by atoms with E-state index < -0.39 is 11.7 Å². The highest BCUT2D eigenvalue weighted by Crippen LogP contribution is 2.26. The number of fused-ring (bicyclic) bond motifs is 1. The van der Waals surface area contributed by atoms with E-state index in [0.29, 0.717) is 17.9 Å². The van der Waals surface area contributed by atoms with Gasteiger partial charge in [-0.2, -0.15) is 0 Å². The Balaban J connectivity index is 2.20. The third kappa shape index (κ3) is 1.71. The van der Waals surface area contributed by atoms with Crippen LogP contribution in [0.4, 0.5) is 5.69 Å². The van der Waals surface area contributed by atoms with E-state index in [1.165, 1.54) is 0 Å². The molecule has 84 valence electrons. The van der Waals surface area contributed by atoms with Gasteiger partial charge in [-0.25, -0.2) is 0 Å². The van der Waals surface area contributed by atoms with Crippen molar-refractivity contribution in [2.45, 2.75) is 26.2 Å². The molecule has 0 spiro atoms. The van der Waals surface area contributed by atoms with Crippen LogP contribution in [0.2, 0.25) is 0 Å². The van der Waals surface area contributed by atoms with E-state index in [4.69, 9.17) is 0 Å². The summed E-state index contributed by atoms with van der Waals surface area (Å²) in [5.41, 5.74) is 0.956. The van der Waals surface area contributed by atoms with E-state index in [9.17, 15) is 9.59 Å². The molecular formula is C12H14N2O2. The highest BCUT2D eigenvalue weighted by atomic mass is 16.2. The van der Waals surface area contributed by atoms with Crippen molar-refractivity contribution in [1.29, 1.82) is 0 Å². The molecule has 0 atom stereocenters. The van der Waals surface area contributed by atoms with Crippen LogP contribution in [0, 0.1) is 0 Å². The van der Waals surface area contributed by atoms with Gasteiger partial charge in [-0.1, -0.05) is 19.8 Å². The Morgan fingerprint density at radius 3 is 2.88 bits per heavy atom. The fraction of sp³-hybridized carbons (Fsp3) is 0.417. The van der Waals surface area contributed by atoms with Gasteiger partial charge in [0.15, 0.2) is 0 Å². The van der Waals surface area contributed by atoms with E-state index in [-0.39, 0.29) is 0 Å². The Morgan fingerprint density at radius 1 is 1.31 bits per heavy atom. The summed E-state index contributed by atoms with van der Waals surface area (Å²) in [6, 6.07) is 3.52. The number of rotatable bonds is 4. The van der Waals surface area contributed by atoms with Crippen LogP contribution < -0.4 is 4.90 Å². The minimum atomic E-state index is -0.480. The number of anilines is 1. The van der Waals surface area contributed by atoms with Crippen molar-refractivity contribution in [2.75, 3.05) is 11.4 Å². The quantitative estimate of drug-likeness (QED) is 0.572. The number of nitrogens with zero attached hydrogens (tertiary/aromatic N) is 2. The van der Waals surface area contributed by atoms with Crippen LogP contribution in [0.15, 0.2) is 18.3 Å². The molecule has 16 heavy (non-hydrogen) atoms. The molecule has 1 aromatic rings. The van der Waals surface area contributed by atoms with Gasteiger partial charge >= 0.3 is 5.91 Å². The molecule has 1 aliphatic rings. The summed E-state index contributed by atoms with van der Waals surface area (Å²) < 4.78 is 0. The van der Waals surface area contributed by atoms with Crippen molar-refractivity contribution in [3.8, 4) is 0 Å². The number of unbranched alkanes of at least 4 members (excludes halogenated alkanes) is 2.